The number of hydrogen-bond acceptors (Lipinski definition) is 2. The standard InChI is InChI=1S/C10H11BrFNO2/c1-6-8(12)5-4-7(9(6)11)10(14)13(2)15-3/h4-5H,1-3H3. The molecule has 0 saturated heterocycles. The average Bonchev–Trinajstić information content (AvgIpc) is 2.24. The third kappa shape index (κ3) is 2.35. The SMILES string of the molecule is CON(C)C(=O)c1ccc(F)c(C)c1Br. The van der Waals surface area contributed by atoms with E-state index in [-0.39, 0.29) is 11.7 Å². The van der Waals surface area contributed by atoms with Crippen LogP contribution in [0.2, 0.25) is 0 Å². The van der Waals surface area contributed by atoms with Crippen LogP contribution >= 0.6 is 15.9 Å². The van der Waals surface area contributed by atoms with Crippen molar-refractivity contribution in [2.45, 2.75) is 6.92 Å². The number of benzene rings is 1. The Morgan fingerprint density at radius 2 is 2.13 bits per heavy atom. The van der Waals surface area contributed by atoms with E-state index in [2.05, 4.69) is 15.9 Å². The topological polar surface area (TPSA) is 29.5 Å². The number of halogens is 2. The van der Waals surface area contributed by atoms with Crippen LogP contribution in [0.1, 0.15) is 15.9 Å². The first-order valence-corrected chi connectivity index (χ1v) is 5.05. The maximum Gasteiger partial charge on any atom is 0.278 e. The molecule has 0 radical (unpaired) electrons. The van der Waals surface area contributed by atoms with Crippen molar-refractivity contribution in [1.82, 2.24) is 5.06 Å². The van der Waals surface area contributed by atoms with E-state index in [0.717, 1.165) is 5.06 Å². The summed E-state index contributed by atoms with van der Waals surface area (Å²) in [7, 11) is 2.88. The Balaban J connectivity index is 3.16. The first kappa shape index (κ1) is 12.1. The zero-order valence-electron chi connectivity index (χ0n) is 8.67. The van der Waals surface area contributed by atoms with Crippen LogP contribution in [0.4, 0.5) is 4.39 Å². The summed E-state index contributed by atoms with van der Waals surface area (Å²) in [4.78, 5) is 16.5. The minimum Gasteiger partial charge on any atom is -0.274 e. The Labute approximate surface area is 95.9 Å². The largest absolute Gasteiger partial charge is 0.278 e. The van der Waals surface area contributed by atoms with Gasteiger partial charge < -0.3 is 0 Å². The van der Waals surface area contributed by atoms with Crippen molar-refractivity contribution in [2.75, 3.05) is 14.2 Å². The summed E-state index contributed by atoms with van der Waals surface area (Å²) >= 11 is 3.19. The molecule has 0 unspecified atom stereocenters. The highest BCUT2D eigenvalue weighted by Gasteiger charge is 2.17. The van der Waals surface area contributed by atoms with Gasteiger partial charge in [-0.1, -0.05) is 0 Å². The fourth-order valence-electron chi connectivity index (χ4n) is 1.08. The van der Waals surface area contributed by atoms with E-state index in [1.54, 1.807) is 6.92 Å². The molecule has 0 bridgehead atoms. The van der Waals surface area contributed by atoms with E-state index in [9.17, 15) is 9.18 Å². The fraction of sp³-hybridized carbons (Fsp3) is 0.300. The first-order chi connectivity index (χ1) is 6.99. The minimum absolute atomic E-state index is 0.326. The predicted octanol–water partition coefficient (Wildman–Crippen LogP) is 2.53. The maximum absolute atomic E-state index is 13.1. The quantitative estimate of drug-likeness (QED) is 0.777. The average molecular weight is 276 g/mol. The van der Waals surface area contributed by atoms with Gasteiger partial charge in [0, 0.05) is 11.5 Å². The molecule has 1 rings (SSSR count). The normalized spacial score (nSPS) is 10.2. The van der Waals surface area contributed by atoms with Gasteiger partial charge in [-0.05, 0) is 40.5 Å². The summed E-state index contributed by atoms with van der Waals surface area (Å²) in [5, 5.41) is 1.08. The minimum atomic E-state index is -0.349. The molecule has 0 aliphatic heterocycles. The Hall–Kier alpha value is -0.940. The van der Waals surface area contributed by atoms with Gasteiger partial charge in [-0.2, -0.15) is 0 Å². The van der Waals surface area contributed by atoms with Gasteiger partial charge in [-0.15, -0.1) is 0 Å². The first-order valence-electron chi connectivity index (χ1n) is 4.25. The molecule has 0 saturated carbocycles. The Morgan fingerprint density at radius 3 is 2.67 bits per heavy atom. The van der Waals surface area contributed by atoms with Gasteiger partial charge in [0.25, 0.3) is 5.91 Å². The molecule has 0 heterocycles. The molecule has 0 N–H and O–H groups in total. The highest BCUT2D eigenvalue weighted by molar-refractivity contribution is 9.10. The molecule has 0 aromatic heterocycles. The van der Waals surface area contributed by atoms with Crippen molar-refractivity contribution in [3.8, 4) is 0 Å². The second-order valence-corrected chi connectivity index (χ2v) is 3.81. The summed E-state index contributed by atoms with van der Waals surface area (Å²) in [5.41, 5.74) is 0.781. The summed E-state index contributed by atoms with van der Waals surface area (Å²) < 4.78 is 13.6. The van der Waals surface area contributed by atoms with Gasteiger partial charge >= 0.3 is 0 Å². The van der Waals surface area contributed by atoms with Crippen LogP contribution in [0.25, 0.3) is 0 Å². The van der Waals surface area contributed by atoms with Crippen LogP contribution in [-0.2, 0) is 4.84 Å². The van der Waals surface area contributed by atoms with Crippen LogP contribution in [0.15, 0.2) is 16.6 Å². The summed E-state index contributed by atoms with van der Waals surface area (Å²) in [6.45, 7) is 1.60. The molecule has 5 heteroatoms. The van der Waals surface area contributed by atoms with E-state index >= 15 is 0 Å². The highest BCUT2D eigenvalue weighted by Crippen LogP contribution is 2.24. The van der Waals surface area contributed by atoms with E-state index in [1.807, 2.05) is 0 Å². The lowest BCUT2D eigenvalue weighted by molar-refractivity contribution is -0.0757. The summed E-state index contributed by atoms with van der Waals surface area (Å²) in [5.74, 6) is -0.675. The molecule has 0 spiro atoms. The Morgan fingerprint density at radius 1 is 1.53 bits per heavy atom. The van der Waals surface area contributed by atoms with Gasteiger partial charge in [0.15, 0.2) is 0 Å². The number of rotatable bonds is 2. The second kappa shape index (κ2) is 4.72. The molecule has 82 valence electrons. The van der Waals surface area contributed by atoms with Gasteiger partial charge in [0.1, 0.15) is 5.82 Å². The predicted molar refractivity (Wildman–Crippen MR) is 57.9 cm³/mol. The number of carbonyl (C=O) groups excluding carboxylic acids is 1. The fourth-order valence-corrected chi connectivity index (χ4v) is 1.57. The van der Waals surface area contributed by atoms with Gasteiger partial charge in [0.2, 0.25) is 0 Å². The van der Waals surface area contributed by atoms with Crippen molar-refractivity contribution < 1.29 is 14.0 Å². The second-order valence-electron chi connectivity index (χ2n) is 3.02. The van der Waals surface area contributed by atoms with Crippen molar-refractivity contribution in [3.05, 3.63) is 33.5 Å². The number of hydrogen-bond donors (Lipinski definition) is 0. The van der Waals surface area contributed by atoms with Crippen LogP contribution in [0.3, 0.4) is 0 Å². The molecule has 0 fully saturated rings. The highest BCUT2D eigenvalue weighted by atomic mass is 79.9. The zero-order chi connectivity index (χ0) is 11.6. The van der Waals surface area contributed by atoms with Crippen LogP contribution < -0.4 is 0 Å². The number of carbonyl (C=O) groups is 1. The molecule has 15 heavy (non-hydrogen) atoms. The smallest absolute Gasteiger partial charge is 0.274 e. The molecular formula is C10H11BrFNO2. The molecule has 1 aromatic rings. The van der Waals surface area contributed by atoms with Gasteiger partial charge in [-0.3, -0.25) is 9.63 Å². The lowest BCUT2D eigenvalue weighted by atomic mass is 10.1. The van der Waals surface area contributed by atoms with E-state index in [4.69, 9.17) is 4.84 Å². The van der Waals surface area contributed by atoms with Crippen LogP contribution in [-0.4, -0.2) is 25.1 Å². The molecule has 1 aromatic carbocycles. The Kier molecular flexibility index (Phi) is 3.82. The van der Waals surface area contributed by atoms with Crippen molar-refractivity contribution in [2.24, 2.45) is 0 Å². The lowest BCUT2D eigenvalue weighted by Crippen LogP contribution is -2.25. The maximum atomic E-state index is 13.1. The van der Waals surface area contributed by atoms with Crippen molar-refractivity contribution in [1.29, 1.82) is 0 Å². The van der Waals surface area contributed by atoms with E-state index < -0.39 is 0 Å². The molecule has 0 aliphatic carbocycles. The molecule has 0 aliphatic rings. The van der Waals surface area contributed by atoms with Gasteiger partial charge in [-0.25, -0.2) is 9.45 Å². The number of hydroxylamine groups is 2. The zero-order valence-corrected chi connectivity index (χ0v) is 10.3. The van der Waals surface area contributed by atoms with Crippen LogP contribution in [0.5, 0.6) is 0 Å². The van der Waals surface area contributed by atoms with Crippen LogP contribution in [0, 0.1) is 12.7 Å². The molecule has 0 atom stereocenters. The monoisotopic (exact) mass is 275 g/mol. The third-order valence-electron chi connectivity index (χ3n) is 2.11. The third-order valence-corrected chi connectivity index (χ3v) is 3.13. The number of nitrogens with zero attached hydrogens (tertiary/aromatic N) is 1. The van der Waals surface area contributed by atoms with Gasteiger partial charge in [0.05, 0.1) is 12.7 Å². The Bertz CT molecular complexity index is 395. The summed E-state index contributed by atoms with van der Waals surface area (Å²) in [6, 6.07) is 2.68. The lowest BCUT2D eigenvalue weighted by Gasteiger charge is -2.15. The van der Waals surface area contributed by atoms with Crippen molar-refractivity contribution >= 4 is 21.8 Å². The number of amides is 1. The van der Waals surface area contributed by atoms with E-state index in [0.29, 0.717) is 15.6 Å². The molecular weight excluding hydrogens is 265 g/mol. The molecule has 3 nitrogen and oxygen atoms in total. The van der Waals surface area contributed by atoms with Crippen molar-refractivity contribution in [3.63, 3.8) is 0 Å². The van der Waals surface area contributed by atoms with E-state index in [1.165, 1.54) is 26.3 Å². The molecule has 1 amide bonds. The summed E-state index contributed by atoms with van der Waals surface area (Å²) in [6.07, 6.45) is 0.